The van der Waals surface area contributed by atoms with Crippen LogP contribution >= 0.6 is 0 Å². The van der Waals surface area contributed by atoms with Crippen molar-refractivity contribution in [2.75, 3.05) is 31.5 Å². The topological polar surface area (TPSA) is 99.2 Å². The smallest absolute Gasteiger partial charge is 0.416 e. The molecular formula is C30H30F3N3O5. The summed E-state index contributed by atoms with van der Waals surface area (Å²) in [6, 6.07) is 15.1. The molecule has 0 aromatic heterocycles. The van der Waals surface area contributed by atoms with Gasteiger partial charge in [0.05, 0.1) is 16.7 Å². The third-order valence-electron chi connectivity index (χ3n) is 6.34. The quantitative estimate of drug-likeness (QED) is 0.400. The number of hydrogen-bond acceptors (Lipinski definition) is 5. The van der Waals surface area contributed by atoms with Crippen molar-refractivity contribution in [3.8, 4) is 16.9 Å². The van der Waals surface area contributed by atoms with Gasteiger partial charge >= 0.3 is 12.3 Å². The fourth-order valence-electron chi connectivity index (χ4n) is 4.34. The summed E-state index contributed by atoms with van der Waals surface area (Å²) in [6.45, 7) is 6.13. The van der Waals surface area contributed by atoms with E-state index < -0.39 is 35.2 Å². The fourth-order valence-corrected chi connectivity index (χ4v) is 4.34. The number of phenolic OH excluding ortho intramolecular Hbond substituents is 1. The third-order valence-corrected chi connectivity index (χ3v) is 6.34. The first kappa shape index (κ1) is 29.4. The van der Waals surface area contributed by atoms with Crippen molar-refractivity contribution < 1.29 is 37.4 Å². The molecule has 1 saturated heterocycles. The number of ether oxygens (including phenoxy) is 1. The molecule has 1 fully saturated rings. The predicted molar refractivity (Wildman–Crippen MR) is 147 cm³/mol. The lowest BCUT2D eigenvalue weighted by molar-refractivity contribution is -0.137. The zero-order chi connectivity index (χ0) is 29.9. The van der Waals surface area contributed by atoms with Gasteiger partial charge in [-0.15, -0.1) is 0 Å². The Hall–Kier alpha value is -4.54. The number of aromatic hydroxyl groups is 1. The minimum Gasteiger partial charge on any atom is -0.508 e. The minimum atomic E-state index is -4.60. The van der Waals surface area contributed by atoms with Crippen molar-refractivity contribution >= 4 is 23.6 Å². The molecular weight excluding hydrogens is 539 g/mol. The van der Waals surface area contributed by atoms with Gasteiger partial charge in [-0.05, 0) is 74.4 Å². The average molecular weight is 570 g/mol. The summed E-state index contributed by atoms with van der Waals surface area (Å²) in [7, 11) is 0. The summed E-state index contributed by atoms with van der Waals surface area (Å²) in [6.07, 6.45) is -5.08. The first-order valence-electron chi connectivity index (χ1n) is 12.9. The summed E-state index contributed by atoms with van der Waals surface area (Å²) in [4.78, 5) is 42.4. The number of rotatable bonds is 4. The molecule has 3 aromatic rings. The van der Waals surface area contributed by atoms with E-state index in [1.165, 1.54) is 46.2 Å². The van der Waals surface area contributed by atoms with Crippen LogP contribution in [-0.4, -0.2) is 64.6 Å². The van der Waals surface area contributed by atoms with Crippen molar-refractivity contribution in [3.63, 3.8) is 0 Å². The van der Waals surface area contributed by atoms with Gasteiger partial charge in [0, 0.05) is 31.9 Å². The summed E-state index contributed by atoms with van der Waals surface area (Å²) in [5.41, 5.74) is -0.597. The van der Waals surface area contributed by atoms with Crippen molar-refractivity contribution in [2.45, 2.75) is 32.5 Å². The van der Waals surface area contributed by atoms with E-state index in [1.807, 2.05) is 0 Å². The van der Waals surface area contributed by atoms with Gasteiger partial charge in [-0.3, -0.25) is 9.59 Å². The van der Waals surface area contributed by atoms with Gasteiger partial charge in [-0.25, -0.2) is 4.79 Å². The van der Waals surface area contributed by atoms with Gasteiger partial charge in [0.15, 0.2) is 0 Å². The number of piperazine rings is 1. The highest BCUT2D eigenvalue weighted by Crippen LogP contribution is 2.31. The zero-order valence-electron chi connectivity index (χ0n) is 22.8. The number of phenols is 1. The minimum absolute atomic E-state index is 0.000443. The van der Waals surface area contributed by atoms with E-state index in [2.05, 4.69) is 5.32 Å². The number of amides is 3. The van der Waals surface area contributed by atoms with Crippen molar-refractivity contribution in [1.29, 1.82) is 0 Å². The van der Waals surface area contributed by atoms with E-state index in [1.54, 1.807) is 39.0 Å². The van der Waals surface area contributed by atoms with Crippen LogP contribution in [0.3, 0.4) is 0 Å². The van der Waals surface area contributed by atoms with E-state index in [0.717, 1.165) is 12.1 Å². The van der Waals surface area contributed by atoms with Crippen LogP contribution in [0.25, 0.3) is 11.1 Å². The van der Waals surface area contributed by atoms with Gasteiger partial charge in [0.2, 0.25) is 0 Å². The van der Waals surface area contributed by atoms with E-state index in [-0.39, 0.29) is 48.7 Å². The normalized spacial score (nSPS) is 14.0. The van der Waals surface area contributed by atoms with E-state index in [4.69, 9.17) is 4.74 Å². The van der Waals surface area contributed by atoms with Gasteiger partial charge < -0.3 is 25.0 Å². The summed E-state index contributed by atoms with van der Waals surface area (Å²) in [5.74, 6) is -1.24. The second-order valence-corrected chi connectivity index (χ2v) is 10.6. The Kier molecular flexibility index (Phi) is 8.27. The highest BCUT2D eigenvalue weighted by molar-refractivity contribution is 6.13. The molecule has 216 valence electrons. The number of anilines is 1. The Balaban J connectivity index is 1.62. The standard InChI is InChI=1S/C30H30F3N3O5/c1-29(2,3)41-28(40)36-14-12-35(13-15-36)27(39)24-11-10-20(19-6-4-9-23(37)16-19)17-25(24)26(38)34-22-8-5-7-21(18-22)30(31,32)33/h4-11,16-18,37H,12-15H2,1-3H3,(H,34,38). The Morgan fingerprint density at radius 1 is 0.805 bits per heavy atom. The largest absolute Gasteiger partial charge is 0.508 e. The van der Waals surface area contributed by atoms with E-state index in [0.29, 0.717) is 11.1 Å². The lowest BCUT2D eigenvalue weighted by Gasteiger charge is -2.35. The number of carbonyl (C=O) groups is 3. The Morgan fingerprint density at radius 3 is 2.07 bits per heavy atom. The predicted octanol–water partition coefficient (Wildman–Crippen LogP) is 6.02. The van der Waals surface area contributed by atoms with Gasteiger partial charge in [0.1, 0.15) is 11.4 Å². The number of halogens is 3. The molecule has 0 aliphatic carbocycles. The van der Waals surface area contributed by atoms with E-state index >= 15 is 0 Å². The fraction of sp³-hybridized carbons (Fsp3) is 0.300. The number of alkyl halides is 3. The second kappa shape index (κ2) is 11.5. The van der Waals surface area contributed by atoms with Crippen LogP contribution in [0.1, 0.15) is 47.1 Å². The summed E-state index contributed by atoms with van der Waals surface area (Å²) in [5, 5.41) is 12.4. The molecule has 8 nitrogen and oxygen atoms in total. The molecule has 3 aromatic carbocycles. The molecule has 2 N–H and O–H groups in total. The molecule has 0 radical (unpaired) electrons. The van der Waals surface area contributed by atoms with Gasteiger partial charge in [-0.1, -0.05) is 24.3 Å². The van der Waals surface area contributed by atoms with Crippen LogP contribution in [0.2, 0.25) is 0 Å². The summed E-state index contributed by atoms with van der Waals surface area (Å²) >= 11 is 0. The molecule has 1 heterocycles. The van der Waals surface area contributed by atoms with Crippen molar-refractivity contribution in [2.24, 2.45) is 0 Å². The summed E-state index contributed by atoms with van der Waals surface area (Å²) < 4.78 is 45.1. The maximum atomic E-state index is 13.6. The lowest BCUT2D eigenvalue weighted by Crippen LogP contribution is -2.51. The molecule has 1 aliphatic heterocycles. The molecule has 3 amide bonds. The second-order valence-electron chi connectivity index (χ2n) is 10.6. The van der Waals surface area contributed by atoms with Crippen LogP contribution in [0.4, 0.5) is 23.7 Å². The third kappa shape index (κ3) is 7.36. The van der Waals surface area contributed by atoms with Crippen LogP contribution in [0, 0.1) is 0 Å². The number of nitrogens with zero attached hydrogens (tertiary/aromatic N) is 2. The SMILES string of the molecule is CC(C)(C)OC(=O)N1CCN(C(=O)c2ccc(-c3cccc(O)c3)cc2C(=O)Nc2cccc(C(F)(F)F)c2)CC1. The Bertz CT molecular complexity index is 1460. The number of hydrogen-bond donors (Lipinski definition) is 2. The molecule has 11 heteroatoms. The maximum absolute atomic E-state index is 13.6. The molecule has 0 spiro atoms. The Labute approximate surface area is 235 Å². The highest BCUT2D eigenvalue weighted by atomic mass is 19.4. The molecule has 4 rings (SSSR count). The monoisotopic (exact) mass is 569 g/mol. The molecule has 0 unspecified atom stereocenters. The molecule has 41 heavy (non-hydrogen) atoms. The number of carbonyl (C=O) groups excluding carboxylic acids is 3. The van der Waals surface area contributed by atoms with Crippen LogP contribution in [0.5, 0.6) is 5.75 Å². The molecule has 0 atom stereocenters. The van der Waals surface area contributed by atoms with Crippen molar-refractivity contribution in [1.82, 2.24) is 9.80 Å². The molecule has 0 bridgehead atoms. The molecule has 1 aliphatic rings. The van der Waals surface area contributed by atoms with E-state index in [9.17, 15) is 32.7 Å². The average Bonchev–Trinajstić information content (AvgIpc) is 2.91. The first-order valence-corrected chi connectivity index (χ1v) is 12.9. The van der Waals surface area contributed by atoms with Crippen LogP contribution < -0.4 is 5.32 Å². The molecule has 0 saturated carbocycles. The number of nitrogens with one attached hydrogen (secondary N) is 1. The maximum Gasteiger partial charge on any atom is 0.416 e. The van der Waals surface area contributed by atoms with Gasteiger partial charge in [0.25, 0.3) is 11.8 Å². The first-order chi connectivity index (χ1) is 19.2. The van der Waals surface area contributed by atoms with Crippen molar-refractivity contribution in [3.05, 3.63) is 83.4 Å². The Morgan fingerprint density at radius 2 is 1.44 bits per heavy atom. The van der Waals surface area contributed by atoms with Crippen LogP contribution in [0.15, 0.2) is 66.7 Å². The van der Waals surface area contributed by atoms with Gasteiger partial charge in [-0.2, -0.15) is 13.2 Å². The number of benzene rings is 3. The lowest BCUT2D eigenvalue weighted by atomic mass is 9.97. The van der Waals surface area contributed by atoms with Crippen LogP contribution in [-0.2, 0) is 10.9 Å². The zero-order valence-corrected chi connectivity index (χ0v) is 22.8. The highest BCUT2D eigenvalue weighted by Gasteiger charge is 2.32.